The van der Waals surface area contributed by atoms with Crippen LogP contribution in [0.1, 0.15) is 19.0 Å². The number of hydrogen-bond acceptors (Lipinski definition) is 3. The molecule has 1 aromatic carbocycles. The van der Waals surface area contributed by atoms with E-state index in [-0.39, 0.29) is 5.82 Å². The van der Waals surface area contributed by atoms with Gasteiger partial charge in [-0.15, -0.1) is 0 Å². The van der Waals surface area contributed by atoms with E-state index in [2.05, 4.69) is 20.6 Å². The summed E-state index contributed by atoms with van der Waals surface area (Å²) in [5.74, 6) is 0.574. The average Bonchev–Trinajstić information content (AvgIpc) is 2.64. The Labute approximate surface area is 149 Å². The number of pyridine rings is 1. The predicted octanol–water partition coefficient (Wildman–Crippen LogP) is 2.80. The molecular weight excluding hydrogens is 317 g/mol. The monoisotopic (exact) mass is 343 g/mol. The second-order valence-electron chi connectivity index (χ2n) is 5.67. The van der Waals surface area contributed by atoms with E-state index in [0.717, 1.165) is 37.7 Å². The van der Waals surface area contributed by atoms with E-state index in [1.807, 2.05) is 43.1 Å². The highest BCUT2D eigenvalue weighted by atomic mass is 19.1. The Kier molecular flexibility index (Phi) is 7.69. The lowest BCUT2D eigenvalue weighted by atomic mass is 10.2. The van der Waals surface area contributed by atoms with E-state index >= 15 is 0 Å². The van der Waals surface area contributed by atoms with E-state index in [9.17, 15) is 4.39 Å². The molecule has 2 N–H and O–H groups in total. The van der Waals surface area contributed by atoms with Crippen LogP contribution in [0.5, 0.6) is 0 Å². The van der Waals surface area contributed by atoms with Gasteiger partial charge in [0.15, 0.2) is 5.96 Å². The predicted molar refractivity (Wildman–Crippen MR) is 101 cm³/mol. The van der Waals surface area contributed by atoms with E-state index in [4.69, 9.17) is 0 Å². The molecule has 0 unspecified atom stereocenters. The minimum Gasteiger partial charge on any atom is -0.372 e. The van der Waals surface area contributed by atoms with Crippen LogP contribution in [0, 0.1) is 5.82 Å². The highest BCUT2D eigenvalue weighted by molar-refractivity contribution is 5.79. The van der Waals surface area contributed by atoms with Gasteiger partial charge in [-0.2, -0.15) is 0 Å². The molecule has 6 heteroatoms. The number of halogens is 1. The van der Waals surface area contributed by atoms with Gasteiger partial charge < -0.3 is 15.5 Å². The summed E-state index contributed by atoms with van der Waals surface area (Å²) in [7, 11) is 1.90. The summed E-state index contributed by atoms with van der Waals surface area (Å²) < 4.78 is 13.7. The first-order valence-electron chi connectivity index (χ1n) is 8.58. The lowest BCUT2D eigenvalue weighted by molar-refractivity contribution is 0.619. The lowest BCUT2D eigenvalue weighted by Crippen LogP contribution is -2.38. The molecule has 2 aromatic rings. The molecule has 0 aliphatic rings. The van der Waals surface area contributed by atoms with E-state index in [0.29, 0.717) is 12.2 Å². The first-order chi connectivity index (χ1) is 12.2. The number of nitrogens with one attached hydrogen (secondary N) is 2. The average molecular weight is 343 g/mol. The zero-order valence-corrected chi connectivity index (χ0v) is 14.9. The maximum Gasteiger partial charge on any atom is 0.191 e. The summed E-state index contributed by atoms with van der Waals surface area (Å²) in [6.07, 6.45) is 2.64. The fraction of sp³-hybridized carbons (Fsp3) is 0.368. The summed E-state index contributed by atoms with van der Waals surface area (Å²) in [4.78, 5) is 10.7. The number of aromatic nitrogens is 1. The SMILES string of the molecule is CCNC(=NCc1ccccn1)NCCCN(C)c1ccccc1F. The maximum absolute atomic E-state index is 13.7. The number of benzene rings is 1. The molecule has 0 fully saturated rings. The third-order valence-electron chi connectivity index (χ3n) is 3.70. The fourth-order valence-corrected chi connectivity index (χ4v) is 2.40. The number of para-hydroxylation sites is 1. The molecule has 0 saturated heterocycles. The Morgan fingerprint density at radius 1 is 1.16 bits per heavy atom. The van der Waals surface area contributed by atoms with Gasteiger partial charge in [0.2, 0.25) is 0 Å². The van der Waals surface area contributed by atoms with Gasteiger partial charge in [-0.25, -0.2) is 9.38 Å². The second kappa shape index (κ2) is 10.3. The van der Waals surface area contributed by atoms with Gasteiger partial charge in [-0.3, -0.25) is 4.98 Å². The van der Waals surface area contributed by atoms with Crippen molar-refractivity contribution in [2.45, 2.75) is 19.9 Å². The number of guanidine groups is 1. The van der Waals surface area contributed by atoms with Gasteiger partial charge in [0.25, 0.3) is 0 Å². The minimum atomic E-state index is -0.191. The van der Waals surface area contributed by atoms with Crippen LogP contribution in [-0.2, 0) is 6.54 Å². The van der Waals surface area contributed by atoms with Crippen molar-refractivity contribution >= 4 is 11.6 Å². The van der Waals surface area contributed by atoms with Crippen molar-refractivity contribution in [3.63, 3.8) is 0 Å². The molecule has 0 aliphatic heterocycles. The zero-order chi connectivity index (χ0) is 17.9. The van der Waals surface area contributed by atoms with Crippen molar-refractivity contribution in [2.24, 2.45) is 4.99 Å². The largest absolute Gasteiger partial charge is 0.372 e. The van der Waals surface area contributed by atoms with Crippen molar-refractivity contribution in [3.8, 4) is 0 Å². The Morgan fingerprint density at radius 2 is 1.96 bits per heavy atom. The van der Waals surface area contributed by atoms with E-state index in [1.165, 1.54) is 6.07 Å². The molecule has 0 radical (unpaired) electrons. The maximum atomic E-state index is 13.7. The van der Waals surface area contributed by atoms with Crippen LogP contribution in [-0.4, -0.2) is 37.6 Å². The van der Waals surface area contributed by atoms with Crippen LogP contribution < -0.4 is 15.5 Å². The molecule has 0 saturated carbocycles. The first kappa shape index (κ1) is 18.7. The van der Waals surface area contributed by atoms with Gasteiger partial charge >= 0.3 is 0 Å². The lowest BCUT2D eigenvalue weighted by Gasteiger charge is -2.20. The number of anilines is 1. The van der Waals surface area contributed by atoms with Crippen molar-refractivity contribution in [2.75, 3.05) is 31.6 Å². The first-order valence-corrected chi connectivity index (χ1v) is 8.58. The van der Waals surface area contributed by atoms with Gasteiger partial charge in [0, 0.05) is 32.9 Å². The fourth-order valence-electron chi connectivity index (χ4n) is 2.40. The van der Waals surface area contributed by atoms with Crippen LogP contribution in [0.2, 0.25) is 0 Å². The van der Waals surface area contributed by atoms with E-state index < -0.39 is 0 Å². The number of aliphatic imine (C=N–C) groups is 1. The molecule has 0 spiro atoms. The normalized spacial score (nSPS) is 11.2. The van der Waals surface area contributed by atoms with Crippen molar-refractivity contribution in [1.82, 2.24) is 15.6 Å². The molecule has 0 amide bonds. The van der Waals surface area contributed by atoms with Gasteiger partial charge in [-0.1, -0.05) is 18.2 Å². The van der Waals surface area contributed by atoms with Crippen molar-refractivity contribution in [1.29, 1.82) is 0 Å². The van der Waals surface area contributed by atoms with E-state index in [1.54, 1.807) is 18.3 Å². The number of hydrogen-bond donors (Lipinski definition) is 2. The standard InChI is InChI=1S/C19H26FN5/c1-3-21-19(24-15-16-9-6-7-12-22-16)23-13-8-14-25(2)18-11-5-4-10-17(18)20/h4-7,9-12H,3,8,13-15H2,1-2H3,(H2,21,23,24). The van der Waals surface area contributed by atoms with Crippen LogP contribution in [0.4, 0.5) is 10.1 Å². The summed E-state index contributed by atoms with van der Waals surface area (Å²) in [5.41, 5.74) is 1.55. The van der Waals surface area contributed by atoms with Crippen LogP contribution in [0.3, 0.4) is 0 Å². The highest BCUT2D eigenvalue weighted by Crippen LogP contribution is 2.16. The third kappa shape index (κ3) is 6.41. The zero-order valence-electron chi connectivity index (χ0n) is 14.9. The summed E-state index contributed by atoms with van der Waals surface area (Å²) >= 11 is 0. The Bertz CT molecular complexity index is 660. The van der Waals surface area contributed by atoms with Gasteiger partial charge in [-0.05, 0) is 37.6 Å². The molecule has 5 nitrogen and oxygen atoms in total. The van der Waals surface area contributed by atoms with Crippen LogP contribution in [0.25, 0.3) is 0 Å². The van der Waals surface area contributed by atoms with Gasteiger partial charge in [0.05, 0.1) is 17.9 Å². The highest BCUT2D eigenvalue weighted by Gasteiger charge is 2.06. The quantitative estimate of drug-likeness (QED) is 0.440. The van der Waals surface area contributed by atoms with Crippen molar-refractivity contribution in [3.05, 3.63) is 60.2 Å². The van der Waals surface area contributed by atoms with Crippen LogP contribution in [0.15, 0.2) is 53.7 Å². The Morgan fingerprint density at radius 3 is 2.68 bits per heavy atom. The Hall–Kier alpha value is -2.63. The molecule has 1 aromatic heterocycles. The molecule has 1 heterocycles. The molecule has 2 rings (SSSR count). The summed E-state index contributed by atoms with van der Waals surface area (Å²) in [6, 6.07) is 12.6. The molecule has 0 bridgehead atoms. The Balaban J connectivity index is 1.78. The molecular formula is C19H26FN5. The number of rotatable bonds is 8. The molecule has 0 aliphatic carbocycles. The molecule has 0 atom stereocenters. The molecule has 25 heavy (non-hydrogen) atoms. The third-order valence-corrected chi connectivity index (χ3v) is 3.70. The second-order valence-corrected chi connectivity index (χ2v) is 5.67. The smallest absolute Gasteiger partial charge is 0.191 e. The van der Waals surface area contributed by atoms with Crippen molar-refractivity contribution < 1.29 is 4.39 Å². The number of nitrogens with zero attached hydrogens (tertiary/aromatic N) is 3. The summed E-state index contributed by atoms with van der Waals surface area (Å²) in [6.45, 7) is 4.87. The summed E-state index contributed by atoms with van der Waals surface area (Å²) in [5, 5.41) is 6.52. The topological polar surface area (TPSA) is 52.6 Å². The van der Waals surface area contributed by atoms with Crippen LogP contribution >= 0.6 is 0 Å². The van der Waals surface area contributed by atoms with Gasteiger partial charge in [0.1, 0.15) is 5.82 Å². The molecule has 134 valence electrons. The minimum absolute atomic E-state index is 0.191.